The van der Waals surface area contributed by atoms with Crippen LogP contribution in [-0.4, -0.2) is 28.2 Å². The van der Waals surface area contributed by atoms with Crippen LogP contribution in [0.25, 0.3) is 0 Å². The summed E-state index contributed by atoms with van der Waals surface area (Å²) in [4.78, 5) is 14.1. The van der Waals surface area contributed by atoms with E-state index in [9.17, 15) is 4.79 Å². The Morgan fingerprint density at radius 1 is 1.33 bits per heavy atom. The number of carbonyl (C=O) groups is 1. The van der Waals surface area contributed by atoms with Crippen molar-refractivity contribution >= 4 is 21.8 Å². The fourth-order valence-corrected chi connectivity index (χ4v) is 3.54. The van der Waals surface area contributed by atoms with Gasteiger partial charge in [-0.2, -0.15) is 0 Å². The van der Waals surface area contributed by atoms with Crippen LogP contribution >= 0.6 is 15.9 Å². The van der Waals surface area contributed by atoms with E-state index in [4.69, 9.17) is 0 Å². The van der Waals surface area contributed by atoms with Gasteiger partial charge in [-0.15, -0.1) is 0 Å². The number of halogens is 1. The zero-order chi connectivity index (χ0) is 11.2. The van der Waals surface area contributed by atoms with Crippen LogP contribution in [0.15, 0.2) is 0 Å². The number of carbonyl (C=O) groups excluding carboxylic acids is 1. The van der Waals surface area contributed by atoms with E-state index in [0.29, 0.717) is 6.04 Å². The molecule has 0 saturated heterocycles. The second-order valence-corrected chi connectivity index (χ2v) is 7.61. The molecule has 3 heteroatoms. The third-order valence-corrected chi connectivity index (χ3v) is 4.37. The van der Waals surface area contributed by atoms with Crippen LogP contribution in [0.3, 0.4) is 0 Å². The van der Waals surface area contributed by atoms with Crippen LogP contribution in [0.2, 0.25) is 0 Å². The number of hydrogen-bond donors (Lipinski definition) is 0. The Morgan fingerprint density at radius 3 is 2.40 bits per heavy atom. The molecule has 15 heavy (non-hydrogen) atoms. The first kappa shape index (κ1) is 11.4. The van der Waals surface area contributed by atoms with Gasteiger partial charge in [-0.3, -0.25) is 4.79 Å². The van der Waals surface area contributed by atoms with Gasteiger partial charge in [0.15, 0.2) is 0 Å². The number of hydrogen-bond acceptors (Lipinski definition) is 1. The highest BCUT2D eigenvalue weighted by Gasteiger charge is 2.44. The summed E-state index contributed by atoms with van der Waals surface area (Å²) in [5, 5.41) is 0. The van der Waals surface area contributed by atoms with Gasteiger partial charge in [-0.25, -0.2) is 0 Å². The highest BCUT2D eigenvalue weighted by molar-refractivity contribution is 9.10. The molecule has 1 amide bonds. The first-order valence-electron chi connectivity index (χ1n) is 5.85. The third-order valence-electron chi connectivity index (χ3n) is 4.03. The Morgan fingerprint density at radius 2 is 2.00 bits per heavy atom. The summed E-state index contributed by atoms with van der Waals surface area (Å²) in [5.74, 6) is 1.90. The Kier molecular flexibility index (Phi) is 2.87. The Hall–Kier alpha value is -0.0500. The standard InChI is InChI=1S/C12H20BrNO/c1-12(2,13)11(15)14(3)10-7-8-4-5-9(10)6-8/h8-10H,4-7H2,1-3H3. The summed E-state index contributed by atoms with van der Waals surface area (Å²) < 4.78 is -0.413. The molecule has 0 aromatic heterocycles. The van der Waals surface area contributed by atoms with Gasteiger partial charge in [-0.05, 0) is 44.9 Å². The fraction of sp³-hybridized carbons (Fsp3) is 0.917. The molecule has 0 aromatic carbocycles. The van der Waals surface area contributed by atoms with Crippen LogP contribution in [0, 0.1) is 11.8 Å². The van der Waals surface area contributed by atoms with Crippen LogP contribution in [-0.2, 0) is 4.79 Å². The second kappa shape index (κ2) is 3.76. The van der Waals surface area contributed by atoms with Crippen molar-refractivity contribution < 1.29 is 4.79 Å². The van der Waals surface area contributed by atoms with Crippen molar-refractivity contribution in [1.29, 1.82) is 0 Å². The number of amides is 1. The molecule has 2 fully saturated rings. The summed E-state index contributed by atoms with van der Waals surface area (Å²) in [5.41, 5.74) is 0. The summed E-state index contributed by atoms with van der Waals surface area (Å²) in [6.07, 6.45) is 5.30. The summed E-state index contributed by atoms with van der Waals surface area (Å²) in [7, 11) is 1.97. The van der Waals surface area contributed by atoms with Gasteiger partial charge in [0.2, 0.25) is 5.91 Å². The fourth-order valence-electron chi connectivity index (χ4n) is 3.26. The van der Waals surface area contributed by atoms with Crippen molar-refractivity contribution in [2.45, 2.75) is 49.9 Å². The quantitative estimate of drug-likeness (QED) is 0.709. The zero-order valence-electron chi connectivity index (χ0n) is 9.79. The first-order chi connectivity index (χ1) is 6.89. The smallest absolute Gasteiger partial charge is 0.238 e. The van der Waals surface area contributed by atoms with E-state index in [0.717, 1.165) is 11.8 Å². The van der Waals surface area contributed by atoms with Gasteiger partial charge >= 0.3 is 0 Å². The summed E-state index contributed by atoms with van der Waals surface area (Å²) in [6, 6.07) is 0.507. The van der Waals surface area contributed by atoms with E-state index in [1.165, 1.54) is 25.7 Å². The minimum Gasteiger partial charge on any atom is -0.341 e. The molecule has 0 radical (unpaired) electrons. The third kappa shape index (κ3) is 2.08. The summed E-state index contributed by atoms with van der Waals surface area (Å²) in [6.45, 7) is 3.86. The van der Waals surface area contributed by atoms with Crippen LogP contribution in [0.4, 0.5) is 0 Å². The minimum atomic E-state index is -0.413. The number of alkyl halides is 1. The first-order valence-corrected chi connectivity index (χ1v) is 6.65. The van der Waals surface area contributed by atoms with E-state index in [1.54, 1.807) is 0 Å². The van der Waals surface area contributed by atoms with Gasteiger partial charge in [0.05, 0.1) is 4.32 Å². The van der Waals surface area contributed by atoms with Gasteiger partial charge in [0.1, 0.15) is 0 Å². The lowest BCUT2D eigenvalue weighted by Gasteiger charge is -2.34. The highest BCUT2D eigenvalue weighted by Crippen LogP contribution is 2.46. The van der Waals surface area contributed by atoms with E-state index < -0.39 is 4.32 Å². The largest absolute Gasteiger partial charge is 0.341 e. The molecule has 0 aliphatic heterocycles. The molecule has 3 unspecified atom stereocenters. The maximum absolute atomic E-state index is 12.1. The van der Waals surface area contributed by atoms with E-state index in [1.807, 2.05) is 25.8 Å². The zero-order valence-corrected chi connectivity index (χ0v) is 11.4. The second-order valence-electron chi connectivity index (χ2n) is 5.63. The lowest BCUT2D eigenvalue weighted by Crippen LogP contribution is -2.47. The average Bonchev–Trinajstić information content (AvgIpc) is 2.74. The maximum Gasteiger partial charge on any atom is 0.238 e. The lowest BCUT2D eigenvalue weighted by molar-refractivity contribution is -0.134. The molecule has 0 N–H and O–H groups in total. The lowest BCUT2D eigenvalue weighted by atomic mass is 9.93. The number of fused-ring (bicyclic) bond motifs is 2. The molecule has 2 aliphatic carbocycles. The molecule has 2 nitrogen and oxygen atoms in total. The van der Waals surface area contributed by atoms with Gasteiger partial charge in [0, 0.05) is 13.1 Å². The molecular formula is C12H20BrNO. The highest BCUT2D eigenvalue weighted by atomic mass is 79.9. The maximum atomic E-state index is 12.1. The van der Waals surface area contributed by atoms with Crippen molar-refractivity contribution in [2.75, 3.05) is 7.05 Å². The molecular weight excluding hydrogens is 254 g/mol. The summed E-state index contributed by atoms with van der Waals surface area (Å²) >= 11 is 3.45. The van der Waals surface area contributed by atoms with Crippen LogP contribution in [0.5, 0.6) is 0 Å². The van der Waals surface area contributed by atoms with Crippen molar-refractivity contribution in [1.82, 2.24) is 4.90 Å². The van der Waals surface area contributed by atoms with Crippen LogP contribution in [0.1, 0.15) is 39.5 Å². The van der Waals surface area contributed by atoms with E-state index in [-0.39, 0.29) is 5.91 Å². The monoisotopic (exact) mass is 273 g/mol. The molecule has 3 atom stereocenters. The Labute approximate surface area is 101 Å². The molecule has 0 spiro atoms. The predicted octanol–water partition coefficient (Wildman–Crippen LogP) is 2.81. The molecule has 2 rings (SSSR count). The molecule has 2 saturated carbocycles. The van der Waals surface area contributed by atoms with E-state index >= 15 is 0 Å². The predicted molar refractivity (Wildman–Crippen MR) is 65.0 cm³/mol. The van der Waals surface area contributed by atoms with E-state index in [2.05, 4.69) is 15.9 Å². The number of nitrogens with zero attached hydrogens (tertiary/aromatic N) is 1. The van der Waals surface area contributed by atoms with Gasteiger partial charge in [0.25, 0.3) is 0 Å². The van der Waals surface area contributed by atoms with Crippen molar-refractivity contribution in [2.24, 2.45) is 11.8 Å². The van der Waals surface area contributed by atoms with Gasteiger partial charge < -0.3 is 4.90 Å². The Bertz CT molecular complexity index is 271. The average molecular weight is 274 g/mol. The van der Waals surface area contributed by atoms with Gasteiger partial charge in [-0.1, -0.05) is 22.4 Å². The number of rotatable bonds is 2. The molecule has 2 bridgehead atoms. The minimum absolute atomic E-state index is 0.222. The molecule has 0 aromatic rings. The topological polar surface area (TPSA) is 20.3 Å². The van der Waals surface area contributed by atoms with Crippen LogP contribution < -0.4 is 0 Å². The normalized spacial score (nSPS) is 34.5. The SMILES string of the molecule is CN(C(=O)C(C)(C)Br)C1CC2CCC1C2. The van der Waals surface area contributed by atoms with Crippen molar-refractivity contribution in [3.8, 4) is 0 Å². The molecule has 0 heterocycles. The van der Waals surface area contributed by atoms with Crippen molar-refractivity contribution in [3.05, 3.63) is 0 Å². The molecule has 2 aliphatic rings. The van der Waals surface area contributed by atoms with Crippen molar-refractivity contribution in [3.63, 3.8) is 0 Å². The molecule has 86 valence electrons. The Balaban J connectivity index is 2.03.